The van der Waals surface area contributed by atoms with E-state index in [0.29, 0.717) is 19.0 Å². The van der Waals surface area contributed by atoms with Crippen LogP contribution in [0.4, 0.5) is 0 Å². The predicted octanol–water partition coefficient (Wildman–Crippen LogP) is 2.08. The van der Waals surface area contributed by atoms with Crippen LogP contribution in [0.15, 0.2) is 21.8 Å². The minimum atomic E-state index is -3.10. The Morgan fingerprint density at radius 3 is 2.71 bits per heavy atom. The zero-order valence-electron chi connectivity index (χ0n) is 15.1. The van der Waals surface area contributed by atoms with E-state index < -0.39 is 10.0 Å². The SMILES string of the molecule is CCNC(=NCC(C)c1ccsc1)NCCCN(C)S(=O)(=O)CC. The van der Waals surface area contributed by atoms with E-state index in [4.69, 9.17) is 0 Å². The highest BCUT2D eigenvalue weighted by atomic mass is 32.2. The number of thiophene rings is 1. The Balaban J connectivity index is 2.41. The number of aliphatic imine (C=N–C) groups is 1. The van der Waals surface area contributed by atoms with Crippen molar-refractivity contribution in [2.75, 3.05) is 39.0 Å². The molecule has 0 spiro atoms. The van der Waals surface area contributed by atoms with Crippen molar-refractivity contribution in [1.29, 1.82) is 0 Å². The smallest absolute Gasteiger partial charge is 0.213 e. The van der Waals surface area contributed by atoms with Crippen molar-refractivity contribution in [3.8, 4) is 0 Å². The standard InChI is InChI=1S/C16H30N4O2S2/c1-5-17-16(19-12-14(3)15-8-11-23-13-15)18-9-7-10-20(4)24(21,22)6-2/h8,11,13-14H,5-7,9-10,12H2,1-4H3,(H2,17,18,19). The van der Waals surface area contributed by atoms with Crippen LogP contribution in [-0.2, 0) is 10.0 Å². The molecule has 0 aliphatic heterocycles. The molecule has 6 nitrogen and oxygen atoms in total. The number of sulfonamides is 1. The number of guanidine groups is 1. The number of nitrogens with one attached hydrogen (secondary N) is 2. The Morgan fingerprint density at radius 1 is 1.38 bits per heavy atom. The van der Waals surface area contributed by atoms with Gasteiger partial charge in [-0.05, 0) is 42.7 Å². The summed E-state index contributed by atoms with van der Waals surface area (Å²) in [6.45, 7) is 8.56. The quantitative estimate of drug-likeness (QED) is 0.374. The van der Waals surface area contributed by atoms with Gasteiger partial charge < -0.3 is 10.6 Å². The number of hydrogen-bond acceptors (Lipinski definition) is 4. The van der Waals surface area contributed by atoms with Crippen molar-refractivity contribution in [3.63, 3.8) is 0 Å². The average Bonchev–Trinajstić information content (AvgIpc) is 3.10. The van der Waals surface area contributed by atoms with Crippen LogP contribution >= 0.6 is 11.3 Å². The molecular weight excluding hydrogens is 344 g/mol. The van der Waals surface area contributed by atoms with Crippen LogP contribution in [0.3, 0.4) is 0 Å². The molecule has 8 heteroatoms. The van der Waals surface area contributed by atoms with E-state index >= 15 is 0 Å². The lowest BCUT2D eigenvalue weighted by molar-refractivity contribution is 0.461. The van der Waals surface area contributed by atoms with Gasteiger partial charge in [-0.1, -0.05) is 6.92 Å². The first-order valence-electron chi connectivity index (χ1n) is 8.39. The summed E-state index contributed by atoms with van der Waals surface area (Å²) in [5.74, 6) is 1.30. The second-order valence-electron chi connectivity index (χ2n) is 5.68. The van der Waals surface area contributed by atoms with Gasteiger partial charge in [0, 0.05) is 39.1 Å². The number of hydrogen-bond donors (Lipinski definition) is 2. The van der Waals surface area contributed by atoms with E-state index in [9.17, 15) is 8.42 Å². The van der Waals surface area contributed by atoms with E-state index in [1.807, 2.05) is 6.92 Å². The third kappa shape index (κ3) is 7.19. The van der Waals surface area contributed by atoms with Crippen LogP contribution in [-0.4, -0.2) is 57.7 Å². The van der Waals surface area contributed by atoms with Gasteiger partial charge in [0.2, 0.25) is 10.0 Å². The molecule has 0 aromatic carbocycles. The number of nitrogens with zero attached hydrogens (tertiary/aromatic N) is 2. The molecule has 0 fully saturated rings. The molecule has 2 N–H and O–H groups in total. The van der Waals surface area contributed by atoms with Gasteiger partial charge in [-0.15, -0.1) is 0 Å². The molecule has 0 aliphatic carbocycles. The fraction of sp³-hybridized carbons (Fsp3) is 0.688. The highest BCUT2D eigenvalue weighted by Crippen LogP contribution is 2.18. The van der Waals surface area contributed by atoms with E-state index in [1.165, 1.54) is 9.87 Å². The molecule has 1 heterocycles. The van der Waals surface area contributed by atoms with E-state index in [-0.39, 0.29) is 5.75 Å². The first-order chi connectivity index (χ1) is 11.4. The van der Waals surface area contributed by atoms with Gasteiger partial charge in [0.05, 0.1) is 5.75 Å². The molecule has 0 saturated heterocycles. The summed E-state index contributed by atoms with van der Waals surface area (Å²) in [5, 5.41) is 10.7. The topological polar surface area (TPSA) is 73.8 Å². The van der Waals surface area contributed by atoms with Gasteiger partial charge in [0.25, 0.3) is 0 Å². The molecule has 24 heavy (non-hydrogen) atoms. The first-order valence-corrected chi connectivity index (χ1v) is 10.9. The Bertz CT molecular complexity index is 585. The van der Waals surface area contributed by atoms with Crippen molar-refractivity contribution in [2.24, 2.45) is 4.99 Å². The normalized spacial score (nSPS) is 14.0. The maximum atomic E-state index is 11.7. The van der Waals surface area contributed by atoms with E-state index in [0.717, 1.165) is 25.5 Å². The van der Waals surface area contributed by atoms with Gasteiger partial charge in [0.1, 0.15) is 0 Å². The third-order valence-corrected chi connectivity index (χ3v) is 6.32. The van der Waals surface area contributed by atoms with Crippen LogP contribution < -0.4 is 10.6 Å². The maximum Gasteiger partial charge on any atom is 0.213 e. The lowest BCUT2D eigenvalue weighted by Gasteiger charge is -2.17. The minimum Gasteiger partial charge on any atom is -0.357 e. The molecular formula is C16H30N4O2S2. The second kappa shape index (κ2) is 10.7. The largest absolute Gasteiger partial charge is 0.357 e. The fourth-order valence-corrected chi connectivity index (χ4v) is 3.73. The Morgan fingerprint density at radius 2 is 2.12 bits per heavy atom. The molecule has 0 bridgehead atoms. The lowest BCUT2D eigenvalue weighted by Crippen LogP contribution is -2.39. The summed E-state index contributed by atoms with van der Waals surface area (Å²) in [5.41, 5.74) is 1.31. The molecule has 0 saturated carbocycles. The summed E-state index contributed by atoms with van der Waals surface area (Å²) >= 11 is 1.70. The van der Waals surface area contributed by atoms with Crippen molar-refractivity contribution in [3.05, 3.63) is 22.4 Å². The molecule has 0 radical (unpaired) electrons. The van der Waals surface area contributed by atoms with Gasteiger partial charge in [-0.25, -0.2) is 12.7 Å². The summed E-state index contributed by atoms with van der Waals surface area (Å²) in [4.78, 5) is 4.62. The molecule has 0 aliphatic rings. The van der Waals surface area contributed by atoms with Crippen LogP contribution in [0.1, 0.15) is 38.7 Å². The predicted molar refractivity (Wildman–Crippen MR) is 103 cm³/mol. The Kier molecular flexibility index (Phi) is 9.31. The van der Waals surface area contributed by atoms with Crippen LogP contribution in [0, 0.1) is 0 Å². The number of rotatable bonds is 10. The van der Waals surface area contributed by atoms with Gasteiger partial charge in [-0.3, -0.25) is 4.99 Å². The van der Waals surface area contributed by atoms with Crippen molar-refractivity contribution in [2.45, 2.75) is 33.1 Å². The Labute approximate surface area is 150 Å². The second-order valence-corrected chi connectivity index (χ2v) is 8.82. The third-order valence-electron chi connectivity index (χ3n) is 3.76. The highest BCUT2D eigenvalue weighted by Gasteiger charge is 2.14. The highest BCUT2D eigenvalue weighted by molar-refractivity contribution is 7.89. The molecule has 1 atom stereocenters. The maximum absolute atomic E-state index is 11.7. The van der Waals surface area contributed by atoms with Gasteiger partial charge in [-0.2, -0.15) is 11.3 Å². The summed E-state index contributed by atoms with van der Waals surface area (Å²) in [7, 11) is -1.47. The van der Waals surface area contributed by atoms with E-state index in [2.05, 4.69) is 39.4 Å². The Hall–Kier alpha value is -1.12. The zero-order chi connectivity index (χ0) is 18.0. The molecule has 138 valence electrons. The minimum absolute atomic E-state index is 0.140. The zero-order valence-corrected chi connectivity index (χ0v) is 16.7. The lowest BCUT2D eigenvalue weighted by atomic mass is 10.1. The molecule has 0 amide bonds. The molecule has 1 unspecified atom stereocenters. The van der Waals surface area contributed by atoms with Crippen molar-refractivity contribution >= 4 is 27.3 Å². The van der Waals surface area contributed by atoms with Gasteiger partial charge >= 0.3 is 0 Å². The summed E-state index contributed by atoms with van der Waals surface area (Å²) < 4.78 is 24.8. The van der Waals surface area contributed by atoms with Crippen LogP contribution in [0.25, 0.3) is 0 Å². The molecule has 1 aromatic rings. The molecule has 1 rings (SSSR count). The van der Waals surface area contributed by atoms with Crippen molar-refractivity contribution in [1.82, 2.24) is 14.9 Å². The average molecular weight is 375 g/mol. The first kappa shape index (κ1) is 20.9. The van der Waals surface area contributed by atoms with Crippen LogP contribution in [0.5, 0.6) is 0 Å². The monoisotopic (exact) mass is 374 g/mol. The molecule has 1 aromatic heterocycles. The van der Waals surface area contributed by atoms with Crippen LogP contribution in [0.2, 0.25) is 0 Å². The van der Waals surface area contributed by atoms with Gasteiger partial charge in [0.15, 0.2) is 5.96 Å². The fourth-order valence-electron chi connectivity index (χ4n) is 2.10. The summed E-state index contributed by atoms with van der Waals surface area (Å²) in [6, 6.07) is 2.13. The van der Waals surface area contributed by atoms with Crippen molar-refractivity contribution < 1.29 is 8.42 Å². The summed E-state index contributed by atoms with van der Waals surface area (Å²) in [6.07, 6.45) is 0.736. The van der Waals surface area contributed by atoms with E-state index in [1.54, 1.807) is 25.3 Å².